The molecule has 0 aliphatic carbocycles. The fourth-order valence-corrected chi connectivity index (χ4v) is 6.01. The molecule has 0 spiro atoms. The lowest BCUT2D eigenvalue weighted by atomic mass is 10.2. The van der Waals surface area contributed by atoms with Crippen LogP contribution in [0.3, 0.4) is 0 Å². The fraction of sp³-hybridized carbons (Fsp3) is 0.188. The third-order valence-corrected chi connectivity index (χ3v) is 8.75. The Labute approximate surface area is 274 Å². The van der Waals surface area contributed by atoms with Crippen LogP contribution in [0.5, 0.6) is 11.5 Å². The Hall–Kier alpha value is -4.26. The molecule has 0 atom stereocenters. The van der Waals surface area contributed by atoms with Crippen LogP contribution >= 0.6 is 23.2 Å². The van der Waals surface area contributed by atoms with E-state index in [0.717, 1.165) is 23.3 Å². The molecule has 1 amide bonds. The van der Waals surface area contributed by atoms with Crippen molar-refractivity contribution in [1.82, 2.24) is 5.43 Å². The lowest BCUT2D eigenvalue weighted by Crippen LogP contribution is -2.39. The molecule has 0 heterocycles. The Balaban J connectivity index is 1.54. The highest BCUT2D eigenvalue weighted by molar-refractivity contribution is 7.92. The van der Waals surface area contributed by atoms with Crippen LogP contribution in [0.2, 0.25) is 10.0 Å². The summed E-state index contributed by atoms with van der Waals surface area (Å²) in [5.74, 6) is -0.0403. The van der Waals surface area contributed by atoms with Crippen molar-refractivity contribution in [3.8, 4) is 11.5 Å². The topological polar surface area (TPSA) is 97.3 Å². The monoisotopic (exact) mass is 693 g/mol. The number of hydrogen-bond donors (Lipinski definition) is 1. The summed E-state index contributed by atoms with van der Waals surface area (Å²) >= 11 is 11.8. The highest BCUT2D eigenvalue weighted by Crippen LogP contribution is 2.38. The first-order chi connectivity index (χ1) is 21.8. The van der Waals surface area contributed by atoms with E-state index >= 15 is 0 Å². The zero-order valence-electron chi connectivity index (χ0n) is 24.5. The number of sulfonamides is 1. The Kier molecular flexibility index (Phi) is 11.2. The number of rotatable bonds is 12. The number of hydrogen-bond acceptors (Lipinski definition) is 6. The van der Waals surface area contributed by atoms with Crippen LogP contribution in [-0.4, -0.2) is 33.7 Å². The molecule has 0 fully saturated rings. The van der Waals surface area contributed by atoms with E-state index in [9.17, 15) is 26.4 Å². The Morgan fingerprint density at radius 1 is 0.957 bits per heavy atom. The molecule has 4 aromatic carbocycles. The van der Waals surface area contributed by atoms with Crippen LogP contribution in [0.25, 0.3) is 0 Å². The number of amides is 1. The standard InChI is InChI=1S/C32H28Cl2F3N3O5S/c1-3-44-30-16-22(9-14-29(30)45-20-23-5-4-6-24(33)15-23)18-38-39-31(41)19-40(46(42,43)26-11-7-21(2)8-12-26)25-10-13-28(34)27(17-25)32(35,36)37/h4-18H,3,19-20H2,1-2H3,(H,39,41)/b38-18+. The van der Waals surface area contributed by atoms with Gasteiger partial charge in [0.2, 0.25) is 0 Å². The molecule has 0 saturated heterocycles. The number of alkyl halides is 3. The van der Waals surface area contributed by atoms with E-state index in [-0.39, 0.29) is 11.5 Å². The summed E-state index contributed by atoms with van der Waals surface area (Å²) in [6.45, 7) is 3.25. The van der Waals surface area contributed by atoms with E-state index in [0.29, 0.717) is 39.1 Å². The largest absolute Gasteiger partial charge is 0.490 e. The molecule has 8 nitrogen and oxygen atoms in total. The maximum Gasteiger partial charge on any atom is 0.417 e. The SMILES string of the molecule is CCOc1cc(/C=N/NC(=O)CN(c2ccc(Cl)c(C(F)(F)F)c2)S(=O)(=O)c2ccc(C)cc2)ccc1OCc1cccc(Cl)c1. The van der Waals surface area contributed by atoms with E-state index in [1.54, 1.807) is 44.2 Å². The summed E-state index contributed by atoms with van der Waals surface area (Å²) in [5, 5.41) is 3.86. The number of nitrogens with one attached hydrogen (secondary N) is 1. The zero-order chi connectivity index (χ0) is 33.5. The molecule has 0 radical (unpaired) electrons. The van der Waals surface area contributed by atoms with Gasteiger partial charge in [0.1, 0.15) is 13.2 Å². The van der Waals surface area contributed by atoms with Gasteiger partial charge in [-0.1, -0.05) is 53.0 Å². The van der Waals surface area contributed by atoms with Crippen LogP contribution in [0, 0.1) is 6.92 Å². The number of anilines is 1. The average Bonchev–Trinajstić information content (AvgIpc) is 3.00. The molecule has 242 valence electrons. The first kappa shape index (κ1) is 34.6. The van der Waals surface area contributed by atoms with Gasteiger partial charge in [0.15, 0.2) is 11.5 Å². The van der Waals surface area contributed by atoms with Crippen molar-refractivity contribution in [3.05, 3.63) is 117 Å². The molecule has 0 saturated carbocycles. The summed E-state index contributed by atoms with van der Waals surface area (Å²) in [6, 6.07) is 20.4. The lowest BCUT2D eigenvalue weighted by molar-refractivity contribution is -0.137. The Bertz CT molecular complexity index is 1840. The first-order valence-corrected chi connectivity index (χ1v) is 15.9. The number of carbonyl (C=O) groups is 1. The van der Waals surface area contributed by atoms with E-state index in [1.165, 1.54) is 30.5 Å². The number of aryl methyl sites for hydroxylation is 1. The fourth-order valence-electron chi connectivity index (χ4n) is 4.16. The van der Waals surface area contributed by atoms with E-state index in [4.69, 9.17) is 32.7 Å². The van der Waals surface area contributed by atoms with Gasteiger partial charge in [0.25, 0.3) is 15.9 Å². The quantitative estimate of drug-likeness (QED) is 0.122. The maximum atomic E-state index is 13.6. The van der Waals surface area contributed by atoms with Crippen LogP contribution in [-0.2, 0) is 27.6 Å². The van der Waals surface area contributed by atoms with Gasteiger partial charge >= 0.3 is 6.18 Å². The number of ether oxygens (including phenoxy) is 2. The smallest absolute Gasteiger partial charge is 0.417 e. The van der Waals surface area contributed by atoms with Crippen molar-refractivity contribution >= 4 is 51.0 Å². The Morgan fingerprint density at radius 2 is 1.70 bits per heavy atom. The maximum absolute atomic E-state index is 13.6. The van der Waals surface area contributed by atoms with Crippen molar-refractivity contribution in [2.75, 3.05) is 17.5 Å². The summed E-state index contributed by atoms with van der Waals surface area (Å²) < 4.78 is 80.1. The second kappa shape index (κ2) is 14.9. The number of nitrogens with zero attached hydrogens (tertiary/aromatic N) is 2. The van der Waals surface area contributed by atoms with Crippen LogP contribution in [0.1, 0.15) is 29.2 Å². The van der Waals surface area contributed by atoms with Crippen molar-refractivity contribution in [2.45, 2.75) is 31.5 Å². The second-order valence-corrected chi connectivity index (χ2v) is 12.5. The molecular weight excluding hydrogens is 666 g/mol. The summed E-state index contributed by atoms with van der Waals surface area (Å²) in [4.78, 5) is 12.7. The minimum atomic E-state index is -4.87. The number of benzene rings is 4. The molecule has 1 N–H and O–H groups in total. The molecule has 0 bridgehead atoms. The average molecular weight is 695 g/mol. The van der Waals surface area contributed by atoms with E-state index in [2.05, 4.69) is 10.5 Å². The molecule has 0 aliphatic heterocycles. The summed E-state index contributed by atoms with van der Waals surface area (Å²) in [7, 11) is -4.49. The molecule has 4 aromatic rings. The molecule has 0 aromatic heterocycles. The highest BCUT2D eigenvalue weighted by atomic mass is 35.5. The van der Waals surface area contributed by atoms with Gasteiger partial charge in [-0.15, -0.1) is 0 Å². The van der Waals surface area contributed by atoms with Crippen molar-refractivity contribution in [2.24, 2.45) is 5.10 Å². The van der Waals surface area contributed by atoms with Crippen LogP contribution in [0.4, 0.5) is 18.9 Å². The third-order valence-electron chi connectivity index (χ3n) is 6.39. The van der Waals surface area contributed by atoms with Gasteiger partial charge in [-0.25, -0.2) is 13.8 Å². The number of hydrazone groups is 1. The van der Waals surface area contributed by atoms with Gasteiger partial charge in [0, 0.05) is 5.02 Å². The minimum absolute atomic E-state index is 0.223. The lowest BCUT2D eigenvalue weighted by Gasteiger charge is -2.25. The Morgan fingerprint density at radius 3 is 2.37 bits per heavy atom. The van der Waals surface area contributed by atoms with Gasteiger partial charge < -0.3 is 9.47 Å². The normalized spacial score (nSPS) is 11.8. The molecule has 0 aliphatic rings. The van der Waals surface area contributed by atoms with Gasteiger partial charge in [0.05, 0.1) is 34.0 Å². The van der Waals surface area contributed by atoms with E-state index in [1.807, 2.05) is 12.1 Å². The molecule has 46 heavy (non-hydrogen) atoms. The van der Waals surface area contributed by atoms with Gasteiger partial charge in [-0.05, 0) is 85.6 Å². The minimum Gasteiger partial charge on any atom is -0.490 e. The third kappa shape index (κ3) is 8.93. The second-order valence-electron chi connectivity index (χ2n) is 9.84. The van der Waals surface area contributed by atoms with Gasteiger partial charge in [-0.3, -0.25) is 9.10 Å². The number of carbonyl (C=O) groups excluding carboxylic acids is 1. The predicted octanol–water partition coefficient (Wildman–Crippen LogP) is 7.64. The van der Waals surface area contributed by atoms with Crippen molar-refractivity contribution in [1.29, 1.82) is 0 Å². The first-order valence-electron chi connectivity index (χ1n) is 13.7. The molecular formula is C32H28Cl2F3N3O5S. The van der Waals surface area contributed by atoms with Crippen LogP contribution < -0.4 is 19.2 Å². The molecule has 14 heteroatoms. The number of halogens is 5. The predicted molar refractivity (Wildman–Crippen MR) is 171 cm³/mol. The van der Waals surface area contributed by atoms with Crippen molar-refractivity contribution < 1.29 is 35.9 Å². The van der Waals surface area contributed by atoms with Gasteiger partial charge in [-0.2, -0.15) is 18.3 Å². The zero-order valence-corrected chi connectivity index (χ0v) is 26.8. The summed E-state index contributed by atoms with van der Waals surface area (Å²) in [6.07, 6.45) is -3.57. The van der Waals surface area contributed by atoms with Crippen molar-refractivity contribution in [3.63, 3.8) is 0 Å². The molecule has 4 rings (SSSR count). The molecule has 0 unspecified atom stereocenters. The van der Waals surface area contributed by atoms with E-state index < -0.39 is 44.9 Å². The summed E-state index contributed by atoms with van der Waals surface area (Å²) in [5.41, 5.74) is 2.70. The van der Waals surface area contributed by atoms with Crippen LogP contribution in [0.15, 0.2) is 94.9 Å². The highest BCUT2D eigenvalue weighted by Gasteiger charge is 2.35.